The minimum atomic E-state index is 0.321. The molecular weight excluding hydrogens is 158 g/mol. The predicted octanol–water partition coefficient (Wildman–Crippen LogP) is 2.97. The van der Waals surface area contributed by atoms with Crippen molar-refractivity contribution >= 4 is 5.69 Å². The first-order valence-electron chi connectivity index (χ1n) is 4.80. The summed E-state index contributed by atoms with van der Waals surface area (Å²) in [6.07, 6.45) is 2.55. The summed E-state index contributed by atoms with van der Waals surface area (Å²) in [6, 6.07) is 6.62. The third-order valence-corrected chi connectivity index (χ3v) is 3.30. The predicted molar refractivity (Wildman–Crippen MR) is 54.9 cm³/mol. The SMILES string of the molecule is C=C1Nc2ccc(C)cc2C12CC2. The molecule has 2 aliphatic rings. The van der Waals surface area contributed by atoms with Crippen LogP contribution in [0.4, 0.5) is 5.69 Å². The molecule has 0 amide bonds. The molecule has 0 unspecified atom stereocenters. The second kappa shape index (κ2) is 1.98. The first-order valence-corrected chi connectivity index (χ1v) is 4.80. The topological polar surface area (TPSA) is 12.0 Å². The van der Waals surface area contributed by atoms with Crippen LogP contribution < -0.4 is 5.32 Å². The number of hydrogen-bond acceptors (Lipinski definition) is 1. The number of aryl methyl sites for hydroxylation is 1. The molecule has 13 heavy (non-hydrogen) atoms. The Labute approximate surface area is 78.5 Å². The van der Waals surface area contributed by atoms with E-state index in [2.05, 4.69) is 37.0 Å². The Morgan fingerprint density at radius 2 is 2.15 bits per heavy atom. The molecule has 1 heteroatoms. The molecule has 0 bridgehead atoms. The van der Waals surface area contributed by atoms with Gasteiger partial charge in [0.2, 0.25) is 0 Å². The maximum atomic E-state index is 4.10. The maximum Gasteiger partial charge on any atom is 0.0424 e. The van der Waals surface area contributed by atoms with Crippen LogP contribution in [0, 0.1) is 6.92 Å². The molecule has 1 aliphatic heterocycles. The monoisotopic (exact) mass is 171 g/mol. The Kier molecular flexibility index (Phi) is 1.09. The highest BCUT2D eigenvalue weighted by Gasteiger charge is 2.51. The van der Waals surface area contributed by atoms with Crippen molar-refractivity contribution in [1.29, 1.82) is 0 Å². The Morgan fingerprint density at radius 1 is 1.38 bits per heavy atom. The smallest absolute Gasteiger partial charge is 0.0424 e. The van der Waals surface area contributed by atoms with Gasteiger partial charge in [-0.1, -0.05) is 24.3 Å². The molecule has 1 nitrogen and oxygen atoms in total. The molecule has 1 fully saturated rings. The summed E-state index contributed by atoms with van der Waals surface area (Å²) in [4.78, 5) is 0. The number of benzene rings is 1. The Balaban J connectivity index is 2.24. The van der Waals surface area contributed by atoms with Gasteiger partial charge in [0.1, 0.15) is 0 Å². The second-order valence-corrected chi connectivity index (χ2v) is 4.23. The molecule has 1 aromatic rings. The summed E-state index contributed by atoms with van der Waals surface area (Å²) < 4.78 is 0. The molecule has 0 radical (unpaired) electrons. The fraction of sp³-hybridized carbons (Fsp3) is 0.333. The lowest BCUT2D eigenvalue weighted by Crippen LogP contribution is -2.04. The van der Waals surface area contributed by atoms with Crippen molar-refractivity contribution in [3.8, 4) is 0 Å². The Hall–Kier alpha value is -1.24. The summed E-state index contributed by atoms with van der Waals surface area (Å²) >= 11 is 0. The van der Waals surface area contributed by atoms with Crippen molar-refractivity contribution in [3.63, 3.8) is 0 Å². The van der Waals surface area contributed by atoms with E-state index in [4.69, 9.17) is 0 Å². The fourth-order valence-electron chi connectivity index (χ4n) is 2.30. The highest BCUT2D eigenvalue weighted by molar-refractivity contribution is 5.71. The van der Waals surface area contributed by atoms with E-state index < -0.39 is 0 Å². The van der Waals surface area contributed by atoms with Crippen LogP contribution in [0.2, 0.25) is 0 Å². The van der Waals surface area contributed by atoms with Crippen molar-refractivity contribution in [2.75, 3.05) is 5.32 Å². The minimum Gasteiger partial charge on any atom is -0.358 e. The van der Waals surface area contributed by atoms with Crippen LogP contribution in [0.1, 0.15) is 24.0 Å². The highest BCUT2D eigenvalue weighted by Crippen LogP contribution is 2.59. The molecule has 1 aromatic carbocycles. The van der Waals surface area contributed by atoms with Gasteiger partial charge in [0.15, 0.2) is 0 Å². The zero-order chi connectivity index (χ0) is 9.05. The summed E-state index contributed by atoms with van der Waals surface area (Å²) in [5.41, 5.74) is 5.61. The van der Waals surface area contributed by atoms with Gasteiger partial charge in [-0.05, 0) is 31.4 Å². The van der Waals surface area contributed by atoms with Gasteiger partial charge in [0.05, 0.1) is 0 Å². The van der Waals surface area contributed by atoms with E-state index in [1.807, 2.05) is 0 Å². The van der Waals surface area contributed by atoms with Crippen molar-refractivity contribution < 1.29 is 0 Å². The van der Waals surface area contributed by atoms with Crippen LogP contribution >= 0.6 is 0 Å². The van der Waals surface area contributed by atoms with Crippen molar-refractivity contribution in [2.24, 2.45) is 0 Å². The molecule has 1 heterocycles. The van der Waals surface area contributed by atoms with Crippen LogP contribution in [0.5, 0.6) is 0 Å². The normalized spacial score (nSPS) is 21.5. The molecular formula is C12H13N. The number of allylic oxidation sites excluding steroid dienone is 1. The lowest BCUT2D eigenvalue weighted by molar-refractivity contribution is 0.873. The fourth-order valence-corrected chi connectivity index (χ4v) is 2.30. The molecule has 1 N–H and O–H groups in total. The zero-order valence-corrected chi connectivity index (χ0v) is 7.85. The van der Waals surface area contributed by atoms with Gasteiger partial charge >= 0.3 is 0 Å². The van der Waals surface area contributed by atoms with Crippen LogP contribution in [-0.2, 0) is 5.41 Å². The van der Waals surface area contributed by atoms with Crippen molar-refractivity contribution in [1.82, 2.24) is 0 Å². The van der Waals surface area contributed by atoms with Crippen LogP contribution in [0.15, 0.2) is 30.5 Å². The number of hydrogen-bond donors (Lipinski definition) is 1. The Morgan fingerprint density at radius 3 is 2.85 bits per heavy atom. The number of anilines is 1. The zero-order valence-electron chi connectivity index (χ0n) is 7.85. The number of nitrogens with one attached hydrogen (secondary N) is 1. The van der Waals surface area contributed by atoms with E-state index in [0.717, 1.165) is 0 Å². The quantitative estimate of drug-likeness (QED) is 0.632. The maximum absolute atomic E-state index is 4.10. The van der Waals surface area contributed by atoms with Gasteiger partial charge in [-0.15, -0.1) is 0 Å². The average Bonchev–Trinajstić information content (AvgIpc) is 2.83. The molecule has 0 atom stereocenters. The van der Waals surface area contributed by atoms with E-state index in [-0.39, 0.29) is 0 Å². The van der Waals surface area contributed by atoms with Crippen molar-refractivity contribution in [3.05, 3.63) is 41.6 Å². The lowest BCUT2D eigenvalue weighted by atomic mass is 9.95. The van der Waals surface area contributed by atoms with Crippen molar-refractivity contribution in [2.45, 2.75) is 25.2 Å². The first kappa shape index (κ1) is 7.19. The number of fused-ring (bicyclic) bond motifs is 2. The molecule has 1 saturated carbocycles. The van der Waals surface area contributed by atoms with Crippen LogP contribution in [-0.4, -0.2) is 0 Å². The molecule has 66 valence electrons. The third-order valence-electron chi connectivity index (χ3n) is 3.30. The molecule has 0 aromatic heterocycles. The summed E-state index contributed by atoms with van der Waals surface area (Å²) in [7, 11) is 0. The Bertz CT molecular complexity index is 400. The van der Waals surface area contributed by atoms with Gasteiger partial charge in [-0.2, -0.15) is 0 Å². The van der Waals surface area contributed by atoms with Gasteiger partial charge in [0.25, 0.3) is 0 Å². The molecule has 1 aliphatic carbocycles. The first-order chi connectivity index (χ1) is 6.22. The lowest BCUT2D eigenvalue weighted by Gasteiger charge is -2.07. The summed E-state index contributed by atoms with van der Waals surface area (Å²) in [6.45, 7) is 6.25. The largest absolute Gasteiger partial charge is 0.358 e. The second-order valence-electron chi connectivity index (χ2n) is 4.23. The highest BCUT2D eigenvalue weighted by atomic mass is 15.0. The van der Waals surface area contributed by atoms with E-state index in [1.165, 1.54) is 35.4 Å². The van der Waals surface area contributed by atoms with E-state index >= 15 is 0 Å². The van der Waals surface area contributed by atoms with Gasteiger partial charge in [-0.3, -0.25) is 0 Å². The molecule has 0 saturated heterocycles. The average molecular weight is 171 g/mol. The van der Waals surface area contributed by atoms with E-state index in [9.17, 15) is 0 Å². The van der Waals surface area contributed by atoms with Crippen LogP contribution in [0.3, 0.4) is 0 Å². The minimum absolute atomic E-state index is 0.321. The number of rotatable bonds is 0. The summed E-state index contributed by atoms with van der Waals surface area (Å²) in [5.74, 6) is 0. The molecule has 1 spiro atoms. The van der Waals surface area contributed by atoms with Crippen LogP contribution in [0.25, 0.3) is 0 Å². The van der Waals surface area contributed by atoms with E-state index in [1.54, 1.807) is 0 Å². The van der Waals surface area contributed by atoms with Gasteiger partial charge in [0, 0.05) is 16.8 Å². The van der Waals surface area contributed by atoms with Gasteiger partial charge < -0.3 is 5.32 Å². The summed E-state index contributed by atoms with van der Waals surface area (Å²) in [5, 5.41) is 3.38. The molecule has 3 rings (SSSR count). The van der Waals surface area contributed by atoms with E-state index in [0.29, 0.717) is 5.41 Å². The standard InChI is InChI=1S/C12H13N/c1-8-3-4-11-10(7-8)12(5-6-12)9(2)13-11/h3-4,7,13H,2,5-6H2,1H3. The third kappa shape index (κ3) is 0.769. The van der Waals surface area contributed by atoms with Gasteiger partial charge in [-0.25, -0.2) is 0 Å².